The smallest absolute Gasteiger partial charge is 0.133 e. The van der Waals surface area contributed by atoms with Crippen molar-refractivity contribution in [1.29, 1.82) is 0 Å². The second kappa shape index (κ2) is 2.72. The van der Waals surface area contributed by atoms with Crippen molar-refractivity contribution in [2.75, 3.05) is 0 Å². The lowest BCUT2D eigenvalue weighted by Crippen LogP contribution is -2.18. The molecule has 1 heteroatoms. The van der Waals surface area contributed by atoms with Gasteiger partial charge in [0.05, 0.1) is 0 Å². The Hall–Kier alpha value is -0.590. The Morgan fingerprint density at radius 3 is 2.67 bits per heavy atom. The molecule has 0 aromatic carbocycles. The first-order valence-electron chi connectivity index (χ1n) is 4.88. The summed E-state index contributed by atoms with van der Waals surface area (Å²) in [5, 5.41) is 0. The third kappa shape index (κ3) is 1.03. The van der Waals surface area contributed by atoms with Crippen LogP contribution in [0.3, 0.4) is 0 Å². The summed E-state index contributed by atoms with van der Waals surface area (Å²) in [6, 6.07) is 0. The fraction of sp³-hybridized carbons (Fsp3) is 0.727. The van der Waals surface area contributed by atoms with Crippen LogP contribution in [0.2, 0.25) is 0 Å². The number of hydrogen-bond donors (Lipinski definition) is 0. The van der Waals surface area contributed by atoms with Gasteiger partial charge in [-0.25, -0.2) is 0 Å². The second-order valence-electron chi connectivity index (χ2n) is 4.21. The third-order valence-corrected chi connectivity index (χ3v) is 3.61. The quantitative estimate of drug-likeness (QED) is 0.544. The highest BCUT2D eigenvalue weighted by Gasteiger charge is 2.43. The average Bonchev–Trinajstić information content (AvgIpc) is 2.60. The number of rotatable bonds is 1. The zero-order valence-corrected chi connectivity index (χ0v) is 7.84. The number of Topliss-reactive ketones (excluding diaryl/α,β-unsaturated/α-hetero) is 1. The van der Waals surface area contributed by atoms with Crippen molar-refractivity contribution in [1.82, 2.24) is 0 Å². The van der Waals surface area contributed by atoms with E-state index in [-0.39, 0.29) is 0 Å². The molecule has 2 aliphatic rings. The van der Waals surface area contributed by atoms with E-state index >= 15 is 0 Å². The molecule has 1 nitrogen and oxygen atoms in total. The van der Waals surface area contributed by atoms with Crippen LogP contribution in [-0.4, -0.2) is 5.78 Å². The molecular weight excluding hydrogens is 148 g/mol. The minimum Gasteiger partial charge on any atom is -0.300 e. The Kier molecular flexibility index (Phi) is 1.82. The largest absolute Gasteiger partial charge is 0.300 e. The van der Waals surface area contributed by atoms with Crippen molar-refractivity contribution in [3.63, 3.8) is 0 Å². The molecular formula is C11H16O. The van der Waals surface area contributed by atoms with Gasteiger partial charge >= 0.3 is 0 Å². The molecule has 66 valence electrons. The van der Waals surface area contributed by atoms with E-state index in [2.05, 4.69) is 13.0 Å². The van der Waals surface area contributed by atoms with Crippen molar-refractivity contribution >= 4 is 5.78 Å². The predicted molar refractivity (Wildman–Crippen MR) is 48.8 cm³/mol. The van der Waals surface area contributed by atoms with Crippen molar-refractivity contribution in [3.8, 4) is 0 Å². The Bertz CT molecular complexity index is 239. The van der Waals surface area contributed by atoms with Gasteiger partial charge in [-0.3, -0.25) is 4.79 Å². The molecule has 0 spiro atoms. The highest BCUT2D eigenvalue weighted by atomic mass is 16.1. The van der Waals surface area contributed by atoms with Crippen LogP contribution in [0.1, 0.15) is 33.1 Å². The molecule has 2 fully saturated rings. The highest BCUT2D eigenvalue weighted by Crippen LogP contribution is 2.51. The van der Waals surface area contributed by atoms with Crippen molar-refractivity contribution in [2.45, 2.75) is 33.1 Å². The molecule has 2 saturated carbocycles. The summed E-state index contributed by atoms with van der Waals surface area (Å²) in [5.41, 5.74) is 1.61. The van der Waals surface area contributed by atoms with Gasteiger partial charge in [-0.15, -0.1) is 0 Å². The standard InChI is InChI=1S/C11H16O/c1-3-8-4-10-5-9(8)6-11(10)7(2)12/h3,9-11H,4-6H2,1-2H3. The van der Waals surface area contributed by atoms with E-state index in [1.54, 1.807) is 12.5 Å². The first-order chi connectivity index (χ1) is 5.72. The number of carbonyl (C=O) groups excluding carboxylic acids is 1. The number of fused-ring (bicyclic) bond motifs is 2. The maximum atomic E-state index is 11.2. The summed E-state index contributed by atoms with van der Waals surface area (Å²) >= 11 is 0. The average molecular weight is 164 g/mol. The predicted octanol–water partition coefficient (Wildman–Crippen LogP) is 2.57. The normalized spacial score (nSPS) is 42.5. The first kappa shape index (κ1) is 8.03. The zero-order valence-electron chi connectivity index (χ0n) is 7.84. The molecule has 0 heterocycles. The van der Waals surface area contributed by atoms with Gasteiger partial charge in [-0.2, -0.15) is 0 Å². The molecule has 0 radical (unpaired) electrons. The van der Waals surface area contributed by atoms with Crippen molar-refractivity contribution < 1.29 is 4.79 Å². The van der Waals surface area contributed by atoms with Crippen LogP contribution < -0.4 is 0 Å². The van der Waals surface area contributed by atoms with Gasteiger partial charge < -0.3 is 0 Å². The van der Waals surface area contributed by atoms with Crippen LogP contribution in [0, 0.1) is 17.8 Å². The lowest BCUT2D eigenvalue weighted by molar-refractivity contribution is -0.121. The van der Waals surface area contributed by atoms with E-state index in [0.717, 1.165) is 12.3 Å². The van der Waals surface area contributed by atoms with Gasteiger partial charge in [0.25, 0.3) is 0 Å². The molecule has 0 aromatic rings. The van der Waals surface area contributed by atoms with Gasteiger partial charge in [-0.05, 0) is 44.9 Å². The summed E-state index contributed by atoms with van der Waals surface area (Å²) in [4.78, 5) is 11.2. The topological polar surface area (TPSA) is 17.1 Å². The van der Waals surface area contributed by atoms with Gasteiger partial charge in [0.15, 0.2) is 0 Å². The number of ketones is 1. The molecule has 0 N–H and O–H groups in total. The van der Waals surface area contributed by atoms with E-state index in [9.17, 15) is 4.79 Å². The van der Waals surface area contributed by atoms with Crippen molar-refractivity contribution in [3.05, 3.63) is 11.6 Å². The molecule has 3 atom stereocenters. The number of hydrogen-bond acceptors (Lipinski definition) is 1. The molecule has 2 aliphatic carbocycles. The van der Waals surface area contributed by atoms with E-state index in [1.807, 2.05) is 0 Å². The first-order valence-corrected chi connectivity index (χ1v) is 4.88. The molecule has 0 aliphatic heterocycles. The molecule has 2 bridgehead atoms. The fourth-order valence-corrected chi connectivity index (χ4v) is 2.97. The Morgan fingerprint density at radius 1 is 1.50 bits per heavy atom. The molecule has 12 heavy (non-hydrogen) atoms. The van der Waals surface area contributed by atoms with E-state index in [4.69, 9.17) is 0 Å². The van der Waals surface area contributed by atoms with Gasteiger partial charge in [0.1, 0.15) is 5.78 Å². The minimum absolute atomic E-state index is 0.402. The van der Waals surface area contributed by atoms with Crippen LogP contribution in [0.15, 0.2) is 11.6 Å². The second-order valence-corrected chi connectivity index (χ2v) is 4.21. The highest BCUT2D eigenvalue weighted by molar-refractivity contribution is 5.79. The zero-order chi connectivity index (χ0) is 8.72. The molecule has 3 unspecified atom stereocenters. The van der Waals surface area contributed by atoms with Crippen LogP contribution in [0.25, 0.3) is 0 Å². The lowest BCUT2D eigenvalue weighted by Gasteiger charge is -2.20. The van der Waals surface area contributed by atoms with Crippen LogP contribution in [-0.2, 0) is 4.79 Å². The SMILES string of the molecule is CC=C1CC2CC1CC2C(C)=O. The summed E-state index contributed by atoms with van der Waals surface area (Å²) in [7, 11) is 0. The molecule has 0 aromatic heterocycles. The molecule has 0 saturated heterocycles. The van der Waals surface area contributed by atoms with E-state index in [1.165, 1.54) is 12.8 Å². The van der Waals surface area contributed by atoms with E-state index < -0.39 is 0 Å². The Morgan fingerprint density at radius 2 is 2.25 bits per heavy atom. The summed E-state index contributed by atoms with van der Waals surface area (Å²) in [5.74, 6) is 2.27. The number of allylic oxidation sites excluding steroid dienone is 2. The monoisotopic (exact) mass is 164 g/mol. The van der Waals surface area contributed by atoms with Crippen LogP contribution in [0.5, 0.6) is 0 Å². The summed E-state index contributed by atoms with van der Waals surface area (Å²) in [6.07, 6.45) is 5.87. The maximum absolute atomic E-state index is 11.2. The molecule has 2 rings (SSSR count). The van der Waals surface area contributed by atoms with Gasteiger partial charge in [0, 0.05) is 5.92 Å². The van der Waals surface area contributed by atoms with Gasteiger partial charge in [-0.1, -0.05) is 11.6 Å². The minimum atomic E-state index is 0.402. The number of carbonyl (C=O) groups is 1. The third-order valence-electron chi connectivity index (χ3n) is 3.61. The molecule has 0 amide bonds. The lowest BCUT2D eigenvalue weighted by atomic mass is 9.83. The van der Waals surface area contributed by atoms with Crippen LogP contribution in [0.4, 0.5) is 0 Å². The Balaban J connectivity index is 2.13. The van der Waals surface area contributed by atoms with Crippen LogP contribution >= 0.6 is 0 Å². The summed E-state index contributed by atoms with van der Waals surface area (Å²) in [6.45, 7) is 3.87. The maximum Gasteiger partial charge on any atom is 0.133 e. The van der Waals surface area contributed by atoms with Crippen molar-refractivity contribution in [2.24, 2.45) is 17.8 Å². The fourth-order valence-electron chi connectivity index (χ4n) is 2.97. The summed E-state index contributed by atoms with van der Waals surface area (Å²) < 4.78 is 0. The Labute approximate surface area is 73.8 Å². The van der Waals surface area contributed by atoms with E-state index in [0.29, 0.717) is 17.6 Å². The van der Waals surface area contributed by atoms with Gasteiger partial charge in [0.2, 0.25) is 0 Å².